The highest BCUT2D eigenvalue weighted by Gasteiger charge is 2.12. The molecule has 1 aliphatic heterocycles. The summed E-state index contributed by atoms with van der Waals surface area (Å²) >= 11 is 0. The second-order valence-corrected chi connectivity index (χ2v) is 7.51. The topological polar surface area (TPSA) is 81.7 Å². The smallest absolute Gasteiger partial charge is 0.294 e. The number of aryl methyl sites for hydroxylation is 1. The minimum Gasteiger partial charge on any atom is -0.314 e. The van der Waals surface area contributed by atoms with Crippen LogP contribution in [0.5, 0.6) is 0 Å². The van der Waals surface area contributed by atoms with Crippen LogP contribution < -0.4 is 10.6 Å². The van der Waals surface area contributed by atoms with E-state index in [-0.39, 0.29) is 4.90 Å². The minimum absolute atomic E-state index is 0.0666. The van der Waals surface area contributed by atoms with Crippen molar-refractivity contribution < 1.29 is 13.0 Å². The molecule has 1 aromatic rings. The third kappa shape index (κ3) is 9.02. The maximum atomic E-state index is 10.5. The van der Waals surface area contributed by atoms with Gasteiger partial charge in [0.2, 0.25) is 0 Å². The minimum atomic E-state index is -4.02. The maximum Gasteiger partial charge on any atom is 0.294 e. The van der Waals surface area contributed by atoms with Crippen LogP contribution >= 0.6 is 0 Å². The molecule has 7 heteroatoms. The largest absolute Gasteiger partial charge is 0.314 e. The van der Waals surface area contributed by atoms with E-state index >= 15 is 0 Å². The van der Waals surface area contributed by atoms with Gasteiger partial charge in [-0.05, 0) is 52.5 Å². The molecule has 0 radical (unpaired) electrons. The van der Waals surface area contributed by atoms with E-state index in [2.05, 4.69) is 29.6 Å². The van der Waals surface area contributed by atoms with E-state index in [4.69, 9.17) is 4.55 Å². The normalized spacial score (nSPS) is 17.9. The first-order chi connectivity index (χ1) is 10.8. The predicted molar refractivity (Wildman–Crippen MR) is 93.4 cm³/mol. The van der Waals surface area contributed by atoms with E-state index in [9.17, 15) is 8.42 Å². The Labute approximate surface area is 140 Å². The third-order valence-electron chi connectivity index (χ3n) is 3.61. The van der Waals surface area contributed by atoms with Gasteiger partial charge in [-0.25, -0.2) is 0 Å². The average molecular weight is 343 g/mol. The fourth-order valence-corrected chi connectivity index (χ4v) is 2.70. The van der Waals surface area contributed by atoms with Crippen LogP contribution in [-0.2, 0) is 10.1 Å². The lowest BCUT2D eigenvalue weighted by Crippen LogP contribution is -2.36. The molecule has 1 heterocycles. The van der Waals surface area contributed by atoms with Crippen LogP contribution in [0.2, 0.25) is 0 Å². The Morgan fingerprint density at radius 3 is 2.43 bits per heavy atom. The monoisotopic (exact) mass is 343 g/mol. The average Bonchev–Trinajstić information content (AvgIpc) is 2.97. The summed E-state index contributed by atoms with van der Waals surface area (Å²) < 4.78 is 29.6. The highest BCUT2D eigenvalue weighted by atomic mass is 32.2. The van der Waals surface area contributed by atoms with Gasteiger partial charge in [-0.3, -0.25) is 4.55 Å². The van der Waals surface area contributed by atoms with Gasteiger partial charge in [0.1, 0.15) is 0 Å². The van der Waals surface area contributed by atoms with E-state index in [0.717, 1.165) is 31.2 Å². The van der Waals surface area contributed by atoms with Gasteiger partial charge in [0.25, 0.3) is 10.1 Å². The summed E-state index contributed by atoms with van der Waals surface area (Å²) in [6.45, 7) is 6.42. The first-order valence-corrected chi connectivity index (χ1v) is 9.36. The standard InChI is InChI=1S/C9H21N3.C7H8O3S/c1-12(2)7-6-10-8-9-4-3-5-11-9;1-6-2-4-7(5-3-6)11(8,9)10/h9-11H,3-8H2,1-2H3;2-5H,1H3,(H,8,9,10)/t9-;/m0./s1. The maximum absolute atomic E-state index is 10.5. The van der Waals surface area contributed by atoms with E-state index < -0.39 is 10.1 Å². The molecule has 0 spiro atoms. The number of hydrogen-bond donors (Lipinski definition) is 3. The highest BCUT2D eigenvalue weighted by molar-refractivity contribution is 7.85. The van der Waals surface area contributed by atoms with Crippen molar-refractivity contribution in [1.82, 2.24) is 15.5 Å². The molecule has 3 N–H and O–H groups in total. The van der Waals surface area contributed by atoms with Crippen molar-refractivity contribution >= 4 is 10.1 Å². The van der Waals surface area contributed by atoms with Crippen LogP contribution in [0.1, 0.15) is 18.4 Å². The van der Waals surface area contributed by atoms with Crippen molar-refractivity contribution in [3.63, 3.8) is 0 Å². The van der Waals surface area contributed by atoms with Crippen molar-refractivity contribution in [2.24, 2.45) is 0 Å². The fraction of sp³-hybridized carbons (Fsp3) is 0.625. The van der Waals surface area contributed by atoms with Crippen molar-refractivity contribution in [2.75, 3.05) is 40.3 Å². The van der Waals surface area contributed by atoms with Crippen molar-refractivity contribution in [3.8, 4) is 0 Å². The van der Waals surface area contributed by atoms with E-state index in [1.54, 1.807) is 12.1 Å². The number of hydrogen-bond acceptors (Lipinski definition) is 5. The highest BCUT2D eigenvalue weighted by Crippen LogP contribution is 2.08. The molecule has 132 valence electrons. The quantitative estimate of drug-likeness (QED) is 0.531. The Kier molecular flexibility index (Phi) is 8.72. The molecule has 1 aromatic carbocycles. The Morgan fingerprint density at radius 2 is 1.96 bits per heavy atom. The summed E-state index contributed by atoms with van der Waals surface area (Å²) in [5.41, 5.74) is 0.956. The molecule has 0 aliphatic carbocycles. The number of benzene rings is 1. The van der Waals surface area contributed by atoms with E-state index in [1.807, 2.05) is 6.92 Å². The Morgan fingerprint density at radius 1 is 1.30 bits per heavy atom. The lowest BCUT2D eigenvalue weighted by atomic mass is 10.2. The zero-order chi connectivity index (χ0) is 17.3. The lowest BCUT2D eigenvalue weighted by Gasteiger charge is -2.13. The van der Waals surface area contributed by atoms with Crippen LogP contribution in [0.3, 0.4) is 0 Å². The molecule has 1 fully saturated rings. The first-order valence-electron chi connectivity index (χ1n) is 7.92. The molecule has 0 unspecified atom stereocenters. The molecule has 6 nitrogen and oxygen atoms in total. The molecular formula is C16H29N3O3S. The van der Waals surface area contributed by atoms with Crippen LogP contribution in [0.25, 0.3) is 0 Å². The number of likely N-dealkylation sites (N-methyl/N-ethyl adjacent to an activating group) is 1. The number of nitrogens with zero attached hydrogens (tertiary/aromatic N) is 1. The molecule has 1 aliphatic rings. The van der Waals surface area contributed by atoms with Gasteiger partial charge in [0.15, 0.2) is 0 Å². The molecule has 0 aromatic heterocycles. The molecule has 0 saturated carbocycles. The van der Waals surface area contributed by atoms with Gasteiger partial charge < -0.3 is 15.5 Å². The molecule has 0 bridgehead atoms. The second kappa shape index (κ2) is 10.00. The molecule has 2 rings (SSSR count). The first kappa shape index (κ1) is 20.1. The molecule has 1 atom stereocenters. The van der Waals surface area contributed by atoms with Crippen LogP contribution in [0.4, 0.5) is 0 Å². The Balaban J connectivity index is 0.000000231. The van der Waals surface area contributed by atoms with Crippen LogP contribution in [0, 0.1) is 6.92 Å². The van der Waals surface area contributed by atoms with Crippen molar-refractivity contribution in [3.05, 3.63) is 29.8 Å². The summed E-state index contributed by atoms with van der Waals surface area (Å²) in [6, 6.07) is 6.72. The van der Waals surface area contributed by atoms with Crippen LogP contribution in [-0.4, -0.2) is 64.2 Å². The summed E-state index contributed by atoms with van der Waals surface area (Å²) in [5, 5.41) is 6.92. The van der Waals surface area contributed by atoms with Crippen LogP contribution in [0.15, 0.2) is 29.2 Å². The van der Waals surface area contributed by atoms with Crippen molar-refractivity contribution in [1.29, 1.82) is 0 Å². The lowest BCUT2D eigenvalue weighted by molar-refractivity contribution is 0.393. The van der Waals surface area contributed by atoms with Gasteiger partial charge in [-0.1, -0.05) is 17.7 Å². The SMILES string of the molecule is CN(C)CCNC[C@@H]1CCCN1.Cc1ccc(S(=O)(=O)O)cc1. The van der Waals surface area contributed by atoms with Gasteiger partial charge >= 0.3 is 0 Å². The number of nitrogens with one attached hydrogen (secondary N) is 2. The van der Waals surface area contributed by atoms with Crippen molar-refractivity contribution in [2.45, 2.75) is 30.7 Å². The van der Waals surface area contributed by atoms with E-state index in [1.165, 1.54) is 31.5 Å². The van der Waals surface area contributed by atoms with Gasteiger partial charge in [0.05, 0.1) is 4.90 Å². The van der Waals surface area contributed by atoms with E-state index in [0.29, 0.717) is 0 Å². The zero-order valence-corrected chi connectivity index (χ0v) is 15.1. The zero-order valence-electron chi connectivity index (χ0n) is 14.2. The van der Waals surface area contributed by atoms with Gasteiger partial charge in [-0.15, -0.1) is 0 Å². The van der Waals surface area contributed by atoms with Gasteiger partial charge in [-0.2, -0.15) is 8.42 Å². The molecule has 23 heavy (non-hydrogen) atoms. The summed E-state index contributed by atoms with van der Waals surface area (Å²) in [5.74, 6) is 0. The Bertz CT molecular complexity index is 538. The summed E-state index contributed by atoms with van der Waals surface area (Å²) in [4.78, 5) is 2.14. The third-order valence-corrected chi connectivity index (χ3v) is 4.48. The molecular weight excluding hydrogens is 314 g/mol. The Hall–Kier alpha value is -0.990. The predicted octanol–water partition coefficient (Wildman–Crippen LogP) is 1.13. The second-order valence-electron chi connectivity index (χ2n) is 6.09. The van der Waals surface area contributed by atoms with Gasteiger partial charge in [0, 0.05) is 25.7 Å². The fourth-order valence-electron chi connectivity index (χ4n) is 2.22. The molecule has 0 amide bonds. The number of rotatable bonds is 6. The summed E-state index contributed by atoms with van der Waals surface area (Å²) in [7, 11) is 0.194. The summed E-state index contributed by atoms with van der Waals surface area (Å²) in [6.07, 6.45) is 2.69. The molecule has 1 saturated heterocycles.